The lowest BCUT2D eigenvalue weighted by atomic mass is 10.1. The molecule has 0 radical (unpaired) electrons. The number of hydrogen-bond acceptors (Lipinski definition) is 5. The molecule has 1 aliphatic heterocycles. The number of anilines is 2. The van der Waals surface area contributed by atoms with Crippen molar-refractivity contribution in [2.75, 3.05) is 35.8 Å². The van der Waals surface area contributed by atoms with Crippen molar-refractivity contribution >= 4 is 27.5 Å². The van der Waals surface area contributed by atoms with Crippen LogP contribution in [0.5, 0.6) is 0 Å². The van der Waals surface area contributed by atoms with Crippen molar-refractivity contribution in [3.63, 3.8) is 0 Å². The maximum atomic E-state index is 13.0. The lowest BCUT2D eigenvalue weighted by Gasteiger charge is -2.37. The minimum absolute atomic E-state index is 0.256. The first kappa shape index (κ1) is 22.5. The van der Waals surface area contributed by atoms with Crippen LogP contribution in [0.4, 0.5) is 16.2 Å². The molecule has 8 heteroatoms. The first-order valence-electron chi connectivity index (χ1n) is 11.1. The summed E-state index contributed by atoms with van der Waals surface area (Å²) < 4.78 is 34.2. The maximum absolute atomic E-state index is 13.0. The summed E-state index contributed by atoms with van der Waals surface area (Å²) in [7, 11) is -3.70. The van der Waals surface area contributed by atoms with Crippen LogP contribution in [-0.2, 0) is 14.8 Å². The minimum Gasteiger partial charge on any atom is -0.444 e. The fourth-order valence-corrected chi connectivity index (χ4v) is 4.91. The molecule has 2 aromatic rings. The highest BCUT2D eigenvalue weighted by Gasteiger charge is 2.28. The first-order valence-corrected chi connectivity index (χ1v) is 12.6. The number of hydrogen-bond donors (Lipinski definition) is 1. The van der Waals surface area contributed by atoms with Crippen LogP contribution in [0.25, 0.3) is 0 Å². The van der Waals surface area contributed by atoms with Gasteiger partial charge in [-0.3, -0.25) is 4.72 Å². The Morgan fingerprint density at radius 1 is 0.969 bits per heavy atom. The molecule has 1 aliphatic carbocycles. The van der Waals surface area contributed by atoms with Gasteiger partial charge in [0.1, 0.15) is 5.60 Å². The van der Waals surface area contributed by atoms with E-state index < -0.39 is 15.6 Å². The van der Waals surface area contributed by atoms with Gasteiger partial charge < -0.3 is 14.5 Å². The Morgan fingerprint density at radius 2 is 1.59 bits per heavy atom. The molecule has 2 aromatic carbocycles. The van der Waals surface area contributed by atoms with E-state index in [1.807, 2.05) is 51.1 Å². The van der Waals surface area contributed by atoms with Crippen LogP contribution in [0.3, 0.4) is 0 Å². The average Bonchev–Trinajstić information content (AvgIpc) is 3.58. The number of piperazine rings is 1. The molecule has 1 amide bonds. The second-order valence-electron chi connectivity index (χ2n) is 9.42. The third kappa shape index (κ3) is 5.35. The van der Waals surface area contributed by atoms with Crippen LogP contribution in [0.1, 0.15) is 45.1 Å². The van der Waals surface area contributed by atoms with E-state index >= 15 is 0 Å². The third-order valence-electron chi connectivity index (χ3n) is 5.66. The van der Waals surface area contributed by atoms with Crippen molar-refractivity contribution in [2.45, 2.75) is 50.0 Å². The van der Waals surface area contributed by atoms with Crippen molar-refractivity contribution in [1.82, 2.24) is 4.90 Å². The number of carbonyl (C=O) groups excluding carboxylic acids is 1. The summed E-state index contributed by atoms with van der Waals surface area (Å²) in [6.07, 6.45) is 2.04. The normalized spacial score (nSPS) is 17.2. The molecular weight excluding hydrogens is 426 g/mol. The zero-order chi connectivity index (χ0) is 22.9. The zero-order valence-electron chi connectivity index (χ0n) is 18.9. The molecule has 0 atom stereocenters. The quantitative estimate of drug-likeness (QED) is 0.719. The number of para-hydroxylation sites is 2. The maximum Gasteiger partial charge on any atom is 0.410 e. The van der Waals surface area contributed by atoms with Gasteiger partial charge in [-0.05, 0) is 69.4 Å². The van der Waals surface area contributed by atoms with Gasteiger partial charge >= 0.3 is 6.09 Å². The second-order valence-corrected chi connectivity index (χ2v) is 11.1. The summed E-state index contributed by atoms with van der Waals surface area (Å²) in [6, 6.07) is 14.5. The summed E-state index contributed by atoms with van der Waals surface area (Å²) >= 11 is 0. The number of nitrogens with one attached hydrogen (secondary N) is 1. The molecule has 1 N–H and O–H groups in total. The van der Waals surface area contributed by atoms with Crippen LogP contribution in [0.2, 0.25) is 0 Å². The molecule has 2 fully saturated rings. The van der Waals surface area contributed by atoms with E-state index in [4.69, 9.17) is 4.74 Å². The van der Waals surface area contributed by atoms with Gasteiger partial charge in [-0.2, -0.15) is 0 Å². The molecule has 0 bridgehead atoms. The Labute approximate surface area is 190 Å². The van der Waals surface area contributed by atoms with Crippen molar-refractivity contribution in [2.24, 2.45) is 0 Å². The molecule has 32 heavy (non-hydrogen) atoms. The fourth-order valence-electron chi connectivity index (χ4n) is 3.83. The van der Waals surface area contributed by atoms with Crippen LogP contribution >= 0.6 is 0 Å². The van der Waals surface area contributed by atoms with Gasteiger partial charge in [-0.15, -0.1) is 0 Å². The average molecular weight is 458 g/mol. The molecular formula is C24H31N3O4S. The lowest BCUT2D eigenvalue weighted by molar-refractivity contribution is 0.0240. The number of nitrogens with zero attached hydrogens (tertiary/aromatic N) is 2. The zero-order valence-corrected chi connectivity index (χ0v) is 19.7. The van der Waals surface area contributed by atoms with E-state index in [0.29, 0.717) is 37.8 Å². The van der Waals surface area contributed by atoms with Gasteiger partial charge in [0, 0.05) is 26.2 Å². The molecule has 0 spiro atoms. The summed E-state index contributed by atoms with van der Waals surface area (Å²) in [4.78, 5) is 16.4. The number of benzene rings is 2. The highest BCUT2D eigenvalue weighted by atomic mass is 32.2. The van der Waals surface area contributed by atoms with Gasteiger partial charge in [0.15, 0.2) is 0 Å². The Morgan fingerprint density at radius 3 is 2.19 bits per heavy atom. The highest BCUT2D eigenvalue weighted by Crippen LogP contribution is 2.40. The highest BCUT2D eigenvalue weighted by molar-refractivity contribution is 7.92. The van der Waals surface area contributed by atoms with Crippen LogP contribution in [-0.4, -0.2) is 51.2 Å². The Kier molecular flexibility index (Phi) is 6.07. The standard InChI is InChI=1S/C24H31N3O4S/c1-24(2,3)31-23(28)27-16-14-26(15-17-27)22-7-5-4-6-21(22)25-32(29,30)20-12-10-19(11-13-20)18-8-9-18/h4-7,10-13,18,25H,8-9,14-17H2,1-3H3. The number of amides is 1. The third-order valence-corrected chi connectivity index (χ3v) is 7.04. The Bertz CT molecular complexity index is 1070. The second kappa shape index (κ2) is 8.65. The van der Waals surface area contributed by atoms with Crippen LogP contribution < -0.4 is 9.62 Å². The van der Waals surface area contributed by atoms with E-state index in [1.54, 1.807) is 23.1 Å². The first-order chi connectivity index (χ1) is 15.1. The van der Waals surface area contributed by atoms with Crippen molar-refractivity contribution < 1.29 is 17.9 Å². The lowest BCUT2D eigenvalue weighted by Crippen LogP contribution is -2.50. The molecule has 1 heterocycles. The van der Waals surface area contributed by atoms with Crippen molar-refractivity contribution in [3.05, 3.63) is 54.1 Å². The SMILES string of the molecule is CC(C)(C)OC(=O)N1CCN(c2ccccc2NS(=O)(=O)c2ccc(C3CC3)cc2)CC1. The van der Waals surface area contributed by atoms with Crippen LogP contribution in [0, 0.1) is 0 Å². The molecule has 1 saturated carbocycles. The van der Waals surface area contributed by atoms with Crippen molar-refractivity contribution in [3.8, 4) is 0 Å². The number of ether oxygens (including phenoxy) is 1. The monoisotopic (exact) mass is 457 g/mol. The van der Waals surface area contributed by atoms with Gasteiger partial charge in [0.05, 0.1) is 16.3 Å². The number of rotatable bonds is 5. The molecule has 0 aromatic heterocycles. The Hall–Kier alpha value is -2.74. The van der Waals surface area contributed by atoms with Crippen molar-refractivity contribution in [1.29, 1.82) is 0 Å². The summed E-state index contributed by atoms with van der Waals surface area (Å²) in [5.74, 6) is 0.583. The smallest absolute Gasteiger partial charge is 0.410 e. The molecule has 1 saturated heterocycles. The molecule has 7 nitrogen and oxygen atoms in total. The van der Waals surface area contributed by atoms with E-state index in [0.717, 1.165) is 5.69 Å². The van der Waals surface area contributed by atoms with E-state index in [-0.39, 0.29) is 11.0 Å². The summed E-state index contributed by atoms with van der Waals surface area (Å²) in [5.41, 5.74) is 2.00. The van der Waals surface area contributed by atoms with Gasteiger partial charge in [-0.1, -0.05) is 24.3 Å². The molecule has 2 aliphatic rings. The predicted octanol–water partition coefficient (Wildman–Crippen LogP) is 4.42. The topological polar surface area (TPSA) is 79.0 Å². The summed E-state index contributed by atoms with van der Waals surface area (Å²) in [6.45, 7) is 7.76. The molecule has 4 rings (SSSR count). The summed E-state index contributed by atoms with van der Waals surface area (Å²) in [5, 5.41) is 0. The minimum atomic E-state index is -3.70. The van der Waals surface area contributed by atoms with E-state index in [1.165, 1.54) is 18.4 Å². The van der Waals surface area contributed by atoms with E-state index in [9.17, 15) is 13.2 Å². The fraction of sp³-hybridized carbons (Fsp3) is 0.458. The van der Waals surface area contributed by atoms with Gasteiger partial charge in [0.25, 0.3) is 10.0 Å². The number of carbonyl (C=O) groups is 1. The van der Waals surface area contributed by atoms with Crippen LogP contribution in [0.15, 0.2) is 53.4 Å². The van der Waals surface area contributed by atoms with E-state index in [2.05, 4.69) is 9.62 Å². The number of sulfonamides is 1. The van der Waals surface area contributed by atoms with Gasteiger partial charge in [-0.25, -0.2) is 13.2 Å². The predicted molar refractivity (Wildman–Crippen MR) is 126 cm³/mol. The molecule has 172 valence electrons. The molecule has 0 unspecified atom stereocenters. The Balaban J connectivity index is 1.44. The largest absolute Gasteiger partial charge is 0.444 e. The van der Waals surface area contributed by atoms with Gasteiger partial charge in [0.2, 0.25) is 0 Å².